The van der Waals surface area contributed by atoms with Crippen molar-refractivity contribution in [2.24, 2.45) is 0 Å². The van der Waals surface area contributed by atoms with Crippen LogP contribution in [0.5, 0.6) is 0 Å². The Hall–Kier alpha value is -2.71. The van der Waals surface area contributed by atoms with Crippen molar-refractivity contribution in [2.45, 2.75) is 4.90 Å². The lowest BCUT2D eigenvalue weighted by atomic mass is 10.3. The molecule has 0 radical (unpaired) electrons. The Bertz CT molecular complexity index is 997. The van der Waals surface area contributed by atoms with Crippen molar-refractivity contribution in [3.05, 3.63) is 71.5 Å². The van der Waals surface area contributed by atoms with Gasteiger partial charge in [-0.25, -0.2) is 12.8 Å². The topological polar surface area (TPSA) is 84.0 Å². The van der Waals surface area contributed by atoms with Gasteiger partial charge in [0, 0.05) is 5.69 Å². The van der Waals surface area contributed by atoms with Crippen LogP contribution in [0.2, 0.25) is 5.02 Å². The highest BCUT2D eigenvalue weighted by Gasteiger charge is 2.18. The van der Waals surface area contributed by atoms with Crippen molar-refractivity contribution in [1.82, 2.24) is 10.2 Å². The summed E-state index contributed by atoms with van der Waals surface area (Å²) in [6.07, 6.45) is 0. The Morgan fingerprint density at radius 3 is 2.32 bits per heavy atom. The number of benzene rings is 2. The summed E-state index contributed by atoms with van der Waals surface area (Å²) in [6.45, 7) is 0. The molecule has 0 aliphatic carbocycles. The number of anilines is 3. The molecule has 2 aromatic carbocycles. The maximum atomic E-state index is 13.2. The summed E-state index contributed by atoms with van der Waals surface area (Å²) in [7, 11) is -3.88. The van der Waals surface area contributed by atoms with Crippen LogP contribution in [0.3, 0.4) is 0 Å². The Morgan fingerprint density at radius 1 is 0.920 bits per heavy atom. The largest absolute Gasteiger partial charge is 0.339 e. The lowest BCUT2D eigenvalue weighted by Crippen LogP contribution is -2.14. The zero-order valence-electron chi connectivity index (χ0n) is 12.6. The van der Waals surface area contributed by atoms with Crippen LogP contribution in [0.1, 0.15) is 0 Å². The molecular formula is C16H12ClFN4O2S. The summed E-state index contributed by atoms with van der Waals surface area (Å²) in [5.41, 5.74) is 0.499. The number of nitrogens with zero attached hydrogens (tertiary/aromatic N) is 2. The number of rotatable bonds is 5. The third-order valence-electron chi connectivity index (χ3n) is 3.13. The van der Waals surface area contributed by atoms with Crippen LogP contribution in [-0.4, -0.2) is 18.6 Å². The van der Waals surface area contributed by atoms with Crippen molar-refractivity contribution < 1.29 is 12.8 Å². The standard InChI is InChI=1S/C16H12ClFN4O2S/c17-13-6-1-2-7-14(13)25(23,24)22-16-9-8-15(20-21-16)19-12-5-3-4-11(18)10-12/h1-10H,(H,19,20)(H,21,22). The molecule has 1 aromatic heterocycles. The molecule has 0 aliphatic rings. The normalized spacial score (nSPS) is 11.1. The molecule has 128 valence electrons. The smallest absolute Gasteiger partial charge is 0.264 e. The van der Waals surface area contributed by atoms with Crippen molar-refractivity contribution in [2.75, 3.05) is 10.0 Å². The Balaban J connectivity index is 1.75. The molecule has 0 spiro atoms. The number of aromatic nitrogens is 2. The first-order chi connectivity index (χ1) is 11.9. The summed E-state index contributed by atoms with van der Waals surface area (Å²) in [6, 6.07) is 14.9. The summed E-state index contributed by atoms with van der Waals surface area (Å²) >= 11 is 5.91. The predicted molar refractivity (Wildman–Crippen MR) is 94.0 cm³/mol. The van der Waals surface area contributed by atoms with Crippen LogP contribution in [0.25, 0.3) is 0 Å². The molecule has 0 saturated carbocycles. The highest BCUT2D eigenvalue weighted by atomic mass is 35.5. The van der Waals surface area contributed by atoms with Gasteiger partial charge < -0.3 is 5.32 Å². The van der Waals surface area contributed by atoms with E-state index in [2.05, 4.69) is 20.2 Å². The maximum absolute atomic E-state index is 13.2. The summed E-state index contributed by atoms with van der Waals surface area (Å²) in [5.74, 6) is -0.0157. The summed E-state index contributed by atoms with van der Waals surface area (Å²) in [4.78, 5) is -0.0552. The van der Waals surface area contributed by atoms with E-state index in [9.17, 15) is 12.8 Å². The van der Waals surface area contributed by atoms with Gasteiger partial charge in [-0.2, -0.15) is 0 Å². The molecule has 9 heteroatoms. The first-order valence-electron chi connectivity index (χ1n) is 7.08. The second-order valence-corrected chi connectivity index (χ2v) is 7.03. The first kappa shape index (κ1) is 17.1. The van der Waals surface area contributed by atoms with E-state index in [1.54, 1.807) is 24.3 Å². The van der Waals surface area contributed by atoms with Crippen LogP contribution in [0.4, 0.5) is 21.7 Å². The van der Waals surface area contributed by atoms with Crippen molar-refractivity contribution in [3.63, 3.8) is 0 Å². The van der Waals surface area contributed by atoms with E-state index in [1.807, 2.05) is 0 Å². The van der Waals surface area contributed by atoms with E-state index < -0.39 is 10.0 Å². The van der Waals surface area contributed by atoms with Gasteiger partial charge in [0.1, 0.15) is 10.7 Å². The monoisotopic (exact) mass is 378 g/mol. The van der Waals surface area contributed by atoms with Crippen molar-refractivity contribution >= 4 is 38.9 Å². The third kappa shape index (κ3) is 4.23. The highest BCUT2D eigenvalue weighted by molar-refractivity contribution is 7.92. The van der Waals surface area contributed by atoms with Crippen molar-refractivity contribution in [3.8, 4) is 0 Å². The molecule has 25 heavy (non-hydrogen) atoms. The third-order valence-corrected chi connectivity index (χ3v) is 4.98. The zero-order chi connectivity index (χ0) is 17.9. The first-order valence-corrected chi connectivity index (χ1v) is 8.94. The fourth-order valence-electron chi connectivity index (χ4n) is 2.02. The molecular weight excluding hydrogens is 367 g/mol. The quantitative estimate of drug-likeness (QED) is 0.705. The fourth-order valence-corrected chi connectivity index (χ4v) is 3.54. The van der Waals surface area contributed by atoms with Crippen LogP contribution in [0.15, 0.2) is 65.6 Å². The molecule has 3 rings (SSSR count). The van der Waals surface area contributed by atoms with Crippen molar-refractivity contribution in [1.29, 1.82) is 0 Å². The minimum absolute atomic E-state index is 0.0321. The van der Waals surface area contributed by atoms with Gasteiger partial charge in [-0.05, 0) is 42.5 Å². The molecule has 0 fully saturated rings. The molecule has 0 atom stereocenters. The van der Waals surface area contributed by atoms with E-state index in [0.717, 1.165) is 0 Å². The molecule has 0 amide bonds. The number of hydrogen-bond acceptors (Lipinski definition) is 5. The Morgan fingerprint density at radius 2 is 1.64 bits per heavy atom. The van der Waals surface area contributed by atoms with E-state index in [4.69, 9.17) is 11.6 Å². The minimum atomic E-state index is -3.88. The molecule has 2 N–H and O–H groups in total. The Labute approximate surface area is 148 Å². The molecule has 3 aromatic rings. The molecule has 6 nitrogen and oxygen atoms in total. The number of sulfonamides is 1. The van der Waals surface area contributed by atoms with Gasteiger partial charge in [0.25, 0.3) is 10.0 Å². The van der Waals surface area contributed by atoms with Crippen LogP contribution < -0.4 is 10.0 Å². The van der Waals surface area contributed by atoms with Gasteiger partial charge in [0.05, 0.1) is 5.02 Å². The van der Waals surface area contributed by atoms with Gasteiger partial charge in [0.15, 0.2) is 11.6 Å². The van der Waals surface area contributed by atoms with Gasteiger partial charge in [-0.1, -0.05) is 29.8 Å². The van der Waals surface area contributed by atoms with E-state index >= 15 is 0 Å². The van der Waals surface area contributed by atoms with E-state index in [-0.39, 0.29) is 21.6 Å². The maximum Gasteiger partial charge on any atom is 0.264 e. The minimum Gasteiger partial charge on any atom is -0.339 e. The molecule has 1 heterocycles. The van der Waals surface area contributed by atoms with Crippen LogP contribution in [0, 0.1) is 5.82 Å². The number of hydrogen-bond donors (Lipinski definition) is 2. The van der Waals surface area contributed by atoms with Crippen LogP contribution >= 0.6 is 11.6 Å². The van der Waals surface area contributed by atoms with Gasteiger partial charge in [0.2, 0.25) is 0 Å². The molecule has 0 aliphatic heterocycles. The summed E-state index contributed by atoms with van der Waals surface area (Å²) in [5, 5.41) is 10.6. The molecule has 0 saturated heterocycles. The lowest BCUT2D eigenvalue weighted by molar-refractivity contribution is 0.601. The van der Waals surface area contributed by atoms with E-state index in [0.29, 0.717) is 11.5 Å². The lowest BCUT2D eigenvalue weighted by Gasteiger charge is -2.09. The number of halogens is 2. The zero-order valence-corrected chi connectivity index (χ0v) is 14.2. The fraction of sp³-hybridized carbons (Fsp3) is 0. The van der Waals surface area contributed by atoms with Gasteiger partial charge in [-0.3, -0.25) is 4.72 Å². The van der Waals surface area contributed by atoms with Crippen LogP contribution in [-0.2, 0) is 10.0 Å². The van der Waals surface area contributed by atoms with E-state index in [1.165, 1.54) is 36.4 Å². The Kier molecular flexibility index (Phi) is 4.82. The molecule has 0 unspecified atom stereocenters. The van der Waals surface area contributed by atoms with Gasteiger partial charge >= 0.3 is 0 Å². The second kappa shape index (κ2) is 7.04. The average molecular weight is 379 g/mol. The summed E-state index contributed by atoms with van der Waals surface area (Å²) < 4.78 is 40.1. The van der Waals surface area contributed by atoms with Gasteiger partial charge in [-0.15, -0.1) is 10.2 Å². The average Bonchev–Trinajstić information content (AvgIpc) is 2.57. The molecule has 0 bridgehead atoms. The SMILES string of the molecule is O=S(=O)(Nc1ccc(Nc2cccc(F)c2)nn1)c1ccccc1Cl. The predicted octanol–water partition coefficient (Wildman–Crippen LogP) is 3.81. The highest BCUT2D eigenvalue weighted by Crippen LogP contribution is 2.23. The second-order valence-electron chi connectivity index (χ2n) is 4.98. The number of nitrogens with one attached hydrogen (secondary N) is 2.